The number of aldehydes is 1. The maximum atomic E-state index is 11.5. The van der Waals surface area contributed by atoms with E-state index >= 15 is 0 Å². The zero-order valence-corrected chi connectivity index (χ0v) is 19.8. The first-order valence-corrected chi connectivity index (χ1v) is 12.8. The number of carbonyl (C=O) groups excluding carboxylic acids is 1. The van der Waals surface area contributed by atoms with E-state index in [0.29, 0.717) is 19.6 Å². The van der Waals surface area contributed by atoms with Crippen LogP contribution in [0, 0.1) is 5.92 Å². The van der Waals surface area contributed by atoms with Crippen LogP contribution in [0.2, 0.25) is 18.1 Å². The summed E-state index contributed by atoms with van der Waals surface area (Å²) in [5.74, 6) is 0.588. The summed E-state index contributed by atoms with van der Waals surface area (Å²) in [5.41, 5.74) is 1.04. The van der Waals surface area contributed by atoms with E-state index in [9.17, 15) is 4.79 Å². The summed E-state index contributed by atoms with van der Waals surface area (Å²) < 4.78 is 23.3. The van der Waals surface area contributed by atoms with Gasteiger partial charge in [-0.3, -0.25) is 0 Å². The van der Waals surface area contributed by atoms with Crippen LogP contribution in [-0.4, -0.2) is 47.6 Å². The maximum absolute atomic E-state index is 11.5. The molecular weight excluding hydrogens is 372 g/mol. The van der Waals surface area contributed by atoms with Gasteiger partial charge in [-0.25, -0.2) is 0 Å². The highest BCUT2D eigenvalue weighted by Crippen LogP contribution is 2.38. The van der Waals surface area contributed by atoms with Gasteiger partial charge in [0.15, 0.2) is 8.32 Å². The zero-order valence-electron chi connectivity index (χ0n) is 18.8. The molecule has 0 bridgehead atoms. The molecule has 0 saturated carbocycles. The third-order valence-corrected chi connectivity index (χ3v) is 10.1. The second kappa shape index (κ2) is 11.1. The highest BCUT2D eigenvalue weighted by atomic mass is 28.4. The van der Waals surface area contributed by atoms with E-state index in [-0.39, 0.29) is 23.2 Å². The molecule has 0 unspecified atom stereocenters. The molecule has 6 heteroatoms. The molecule has 160 valence electrons. The Balaban J connectivity index is 2.83. The Kier molecular flexibility index (Phi) is 9.84. The van der Waals surface area contributed by atoms with Gasteiger partial charge in [0, 0.05) is 19.4 Å². The quantitative estimate of drug-likeness (QED) is 0.364. The molecule has 3 atom stereocenters. The van der Waals surface area contributed by atoms with Crippen LogP contribution < -0.4 is 4.74 Å². The summed E-state index contributed by atoms with van der Waals surface area (Å²) in [5, 5.41) is 0.106. The van der Waals surface area contributed by atoms with Gasteiger partial charge in [-0.1, -0.05) is 39.8 Å². The fourth-order valence-electron chi connectivity index (χ4n) is 2.64. The largest absolute Gasteiger partial charge is 0.497 e. The Bertz CT molecular complexity index is 580. The minimum atomic E-state index is -1.95. The van der Waals surface area contributed by atoms with Crippen molar-refractivity contribution in [2.45, 2.75) is 71.1 Å². The van der Waals surface area contributed by atoms with Crippen molar-refractivity contribution in [2.24, 2.45) is 5.92 Å². The standard InChI is InChI=1S/C22H38O5Si/c1-17(14-23)21(26-15-18-9-11-19(25-6)12-10-18)13-20(16-24-5)27-28(7,8)22(2,3)4/h9-12,14,17,20-21H,13,15-16H2,1-8H3/t17-,20+,21+/m0/s1. The Morgan fingerprint density at radius 3 is 2.18 bits per heavy atom. The normalized spacial score (nSPS) is 15.7. The van der Waals surface area contributed by atoms with E-state index in [1.54, 1.807) is 14.2 Å². The fraction of sp³-hybridized carbons (Fsp3) is 0.682. The van der Waals surface area contributed by atoms with Gasteiger partial charge in [0.1, 0.15) is 12.0 Å². The third-order valence-electron chi connectivity index (χ3n) is 5.54. The van der Waals surface area contributed by atoms with Gasteiger partial charge in [0.2, 0.25) is 0 Å². The van der Waals surface area contributed by atoms with Gasteiger partial charge < -0.3 is 23.4 Å². The predicted octanol–water partition coefficient (Wildman–Crippen LogP) is 4.84. The van der Waals surface area contributed by atoms with Crippen molar-refractivity contribution in [3.63, 3.8) is 0 Å². The highest BCUT2D eigenvalue weighted by Gasteiger charge is 2.40. The Hall–Kier alpha value is -1.21. The van der Waals surface area contributed by atoms with E-state index in [4.69, 9.17) is 18.6 Å². The molecule has 0 saturated heterocycles. The van der Waals surface area contributed by atoms with Crippen molar-refractivity contribution < 1.29 is 23.4 Å². The second-order valence-corrected chi connectivity index (χ2v) is 13.6. The molecule has 0 spiro atoms. The Morgan fingerprint density at radius 1 is 1.11 bits per heavy atom. The summed E-state index contributed by atoms with van der Waals surface area (Å²) in [7, 11) is 1.37. The number of rotatable bonds is 12. The lowest BCUT2D eigenvalue weighted by Gasteiger charge is -2.40. The Morgan fingerprint density at radius 2 is 1.71 bits per heavy atom. The average molecular weight is 411 g/mol. The predicted molar refractivity (Wildman–Crippen MR) is 115 cm³/mol. The monoisotopic (exact) mass is 410 g/mol. The van der Waals surface area contributed by atoms with E-state index in [0.717, 1.165) is 17.6 Å². The number of benzene rings is 1. The average Bonchev–Trinajstić information content (AvgIpc) is 2.63. The van der Waals surface area contributed by atoms with Crippen molar-refractivity contribution in [1.29, 1.82) is 0 Å². The summed E-state index contributed by atoms with van der Waals surface area (Å²) in [6.07, 6.45) is 1.24. The smallest absolute Gasteiger partial charge is 0.192 e. The van der Waals surface area contributed by atoms with Gasteiger partial charge in [0.05, 0.1) is 32.5 Å². The molecule has 5 nitrogen and oxygen atoms in total. The maximum Gasteiger partial charge on any atom is 0.192 e. The number of ether oxygens (including phenoxy) is 3. The van der Waals surface area contributed by atoms with Crippen LogP contribution in [0.15, 0.2) is 24.3 Å². The number of methoxy groups -OCH3 is 2. The first-order valence-electron chi connectivity index (χ1n) is 9.90. The first kappa shape index (κ1) is 24.8. The van der Waals surface area contributed by atoms with Crippen molar-refractivity contribution in [3.8, 4) is 5.75 Å². The zero-order chi connectivity index (χ0) is 21.4. The van der Waals surface area contributed by atoms with Gasteiger partial charge >= 0.3 is 0 Å². The molecular formula is C22H38O5Si. The molecule has 1 aromatic carbocycles. The lowest BCUT2D eigenvalue weighted by Crippen LogP contribution is -2.46. The van der Waals surface area contributed by atoms with Crippen LogP contribution in [0.5, 0.6) is 5.75 Å². The van der Waals surface area contributed by atoms with Gasteiger partial charge in [-0.05, 0) is 35.8 Å². The van der Waals surface area contributed by atoms with Crippen molar-refractivity contribution >= 4 is 14.6 Å². The van der Waals surface area contributed by atoms with E-state index in [1.165, 1.54) is 0 Å². The molecule has 0 fully saturated rings. The van der Waals surface area contributed by atoms with Crippen LogP contribution in [0.3, 0.4) is 0 Å². The summed E-state index contributed by atoms with van der Waals surface area (Å²) in [6, 6.07) is 7.76. The molecule has 0 aliphatic carbocycles. The third kappa shape index (κ3) is 7.66. The molecule has 0 aliphatic rings. The number of hydrogen-bond donors (Lipinski definition) is 0. The highest BCUT2D eigenvalue weighted by molar-refractivity contribution is 6.74. The van der Waals surface area contributed by atoms with Crippen molar-refractivity contribution in [2.75, 3.05) is 20.8 Å². The lowest BCUT2D eigenvalue weighted by molar-refractivity contribution is -0.117. The first-order chi connectivity index (χ1) is 13.0. The van der Waals surface area contributed by atoms with E-state index in [1.807, 2.05) is 31.2 Å². The lowest BCUT2D eigenvalue weighted by atomic mass is 10.0. The van der Waals surface area contributed by atoms with E-state index < -0.39 is 8.32 Å². The topological polar surface area (TPSA) is 54.0 Å². The van der Waals surface area contributed by atoms with E-state index in [2.05, 4.69) is 33.9 Å². The molecule has 1 aromatic rings. The van der Waals surface area contributed by atoms with Crippen LogP contribution >= 0.6 is 0 Å². The fourth-order valence-corrected chi connectivity index (χ4v) is 3.99. The van der Waals surface area contributed by atoms with Gasteiger partial charge in [-0.15, -0.1) is 0 Å². The molecule has 0 aliphatic heterocycles. The molecule has 0 radical (unpaired) electrons. The minimum Gasteiger partial charge on any atom is -0.497 e. The number of hydrogen-bond acceptors (Lipinski definition) is 5. The summed E-state index contributed by atoms with van der Waals surface area (Å²) in [4.78, 5) is 11.5. The molecule has 0 aromatic heterocycles. The molecule has 1 rings (SSSR count). The minimum absolute atomic E-state index is 0.103. The van der Waals surface area contributed by atoms with Gasteiger partial charge in [0.25, 0.3) is 0 Å². The summed E-state index contributed by atoms with van der Waals surface area (Å²) >= 11 is 0. The van der Waals surface area contributed by atoms with Crippen LogP contribution in [0.4, 0.5) is 0 Å². The molecule has 0 N–H and O–H groups in total. The SMILES string of the molecule is COC[C@@H](C[C@@H](OCc1ccc(OC)cc1)[C@@H](C)C=O)O[Si](C)(C)C(C)(C)C. The molecule has 0 amide bonds. The van der Waals surface area contributed by atoms with Crippen LogP contribution in [0.25, 0.3) is 0 Å². The number of carbonyl (C=O) groups is 1. The van der Waals surface area contributed by atoms with Crippen LogP contribution in [-0.2, 0) is 25.3 Å². The van der Waals surface area contributed by atoms with Crippen molar-refractivity contribution in [3.05, 3.63) is 29.8 Å². The van der Waals surface area contributed by atoms with Gasteiger partial charge in [-0.2, -0.15) is 0 Å². The van der Waals surface area contributed by atoms with Crippen molar-refractivity contribution in [1.82, 2.24) is 0 Å². The summed E-state index contributed by atoms with van der Waals surface area (Å²) in [6.45, 7) is 13.9. The molecule has 0 heterocycles. The Labute approximate surface area is 171 Å². The second-order valence-electron chi connectivity index (χ2n) is 8.88. The van der Waals surface area contributed by atoms with Crippen LogP contribution in [0.1, 0.15) is 39.7 Å². The molecule has 28 heavy (non-hydrogen) atoms.